The highest BCUT2D eigenvalue weighted by Crippen LogP contribution is 2.02. The largest absolute Gasteiger partial charge is 0.345 e. The molecule has 1 N–H and O–H groups in total. The zero-order valence-corrected chi connectivity index (χ0v) is 9.74. The molecule has 0 aliphatic rings. The van der Waals surface area contributed by atoms with Crippen LogP contribution >= 0.6 is 0 Å². The molecule has 0 aromatic carbocycles. The van der Waals surface area contributed by atoms with E-state index in [9.17, 15) is 14.0 Å². The number of hydrogen-bond acceptors (Lipinski definition) is 3. The molecule has 1 rings (SSSR count). The van der Waals surface area contributed by atoms with Gasteiger partial charge in [-0.2, -0.15) is 4.39 Å². The third-order valence-corrected chi connectivity index (χ3v) is 2.30. The molecule has 92 valence electrons. The molecule has 0 aliphatic carbocycles. The van der Waals surface area contributed by atoms with Gasteiger partial charge < -0.3 is 10.2 Å². The van der Waals surface area contributed by atoms with Crippen molar-refractivity contribution in [3.63, 3.8) is 0 Å². The summed E-state index contributed by atoms with van der Waals surface area (Å²) >= 11 is 0. The Morgan fingerprint density at radius 1 is 1.53 bits per heavy atom. The summed E-state index contributed by atoms with van der Waals surface area (Å²) < 4.78 is 13.1. The van der Waals surface area contributed by atoms with Crippen LogP contribution in [0.2, 0.25) is 0 Å². The molecular weight excluding hydrogens is 225 g/mol. The van der Waals surface area contributed by atoms with Crippen LogP contribution in [0.5, 0.6) is 0 Å². The summed E-state index contributed by atoms with van der Waals surface area (Å²) in [5, 5.41) is 2.34. The van der Waals surface area contributed by atoms with Crippen LogP contribution in [0.3, 0.4) is 0 Å². The van der Waals surface area contributed by atoms with Gasteiger partial charge in [0, 0.05) is 19.8 Å². The van der Waals surface area contributed by atoms with Gasteiger partial charge in [-0.1, -0.05) is 0 Å². The van der Waals surface area contributed by atoms with Crippen LogP contribution in [0.4, 0.5) is 4.39 Å². The van der Waals surface area contributed by atoms with Crippen LogP contribution in [0, 0.1) is 5.95 Å². The molecule has 5 nitrogen and oxygen atoms in total. The first-order valence-electron chi connectivity index (χ1n) is 5.19. The summed E-state index contributed by atoms with van der Waals surface area (Å²) in [5.41, 5.74) is -0.167. The predicted molar refractivity (Wildman–Crippen MR) is 59.8 cm³/mol. The predicted octanol–water partition coefficient (Wildman–Crippen LogP) is 0.429. The number of likely N-dealkylation sites (N-methyl/N-ethyl adjacent to an activating group) is 1. The van der Waals surface area contributed by atoms with Gasteiger partial charge in [-0.15, -0.1) is 0 Å². The first-order chi connectivity index (χ1) is 8.06. The highest BCUT2D eigenvalue weighted by molar-refractivity contribution is 5.96. The van der Waals surface area contributed by atoms with E-state index in [1.165, 1.54) is 23.2 Å². The summed E-state index contributed by atoms with van der Waals surface area (Å²) in [4.78, 5) is 27.7. The van der Waals surface area contributed by atoms with Gasteiger partial charge in [0.2, 0.25) is 11.9 Å². The van der Waals surface area contributed by atoms with Crippen LogP contribution in [0.1, 0.15) is 17.3 Å². The topological polar surface area (TPSA) is 62.3 Å². The number of nitrogens with one attached hydrogen (secondary N) is 1. The Morgan fingerprint density at radius 3 is 2.82 bits per heavy atom. The molecule has 0 saturated carbocycles. The van der Waals surface area contributed by atoms with Crippen molar-refractivity contribution in [2.24, 2.45) is 0 Å². The second kappa shape index (κ2) is 5.93. The highest BCUT2D eigenvalue weighted by Gasteiger charge is 2.14. The molecule has 0 spiro atoms. The SMILES string of the molecule is CCN(C)C(=O)CNC(=O)c1cccnc1F. The van der Waals surface area contributed by atoms with E-state index < -0.39 is 11.9 Å². The molecule has 17 heavy (non-hydrogen) atoms. The minimum Gasteiger partial charge on any atom is -0.345 e. The van der Waals surface area contributed by atoms with Crippen molar-refractivity contribution in [2.45, 2.75) is 6.92 Å². The molecule has 6 heteroatoms. The number of pyridine rings is 1. The lowest BCUT2D eigenvalue weighted by Gasteiger charge is -2.14. The van der Waals surface area contributed by atoms with Crippen LogP contribution < -0.4 is 5.32 Å². The first-order valence-corrected chi connectivity index (χ1v) is 5.19. The molecule has 0 saturated heterocycles. The third-order valence-electron chi connectivity index (χ3n) is 2.30. The van der Waals surface area contributed by atoms with Gasteiger partial charge in [0.1, 0.15) is 0 Å². The van der Waals surface area contributed by atoms with E-state index in [1.807, 2.05) is 6.92 Å². The van der Waals surface area contributed by atoms with Crippen molar-refractivity contribution in [2.75, 3.05) is 20.1 Å². The smallest absolute Gasteiger partial charge is 0.256 e. The van der Waals surface area contributed by atoms with Crippen LogP contribution in [-0.2, 0) is 4.79 Å². The molecule has 1 aromatic heterocycles. The Balaban J connectivity index is 2.57. The maximum atomic E-state index is 13.1. The Kier molecular flexibility index (Phi) is 4.56. The number of carbonyl (C=O) groups is 2. The monoisotopic (exact) mass is 239 g/mol. The quantitative estimate of drug-likeness (QED) is 0.775. The third kappa shape index (κ3) is 3.51. The number of rotatable bonds is 4. The van der Waals surface area contributed by atoms with E-state index in [0.717, 1.165) is 0 Å². The van der Waals surface area contributed by atoms with Gasteiger partial charge in [0.15, 0.2) is 0 Å². The number of carbonyl (C=O) groups excluding carboxylic acids is 2. The summed E-state index contributed by atoms with van der Waals surface area (Å²) in [6.07, 6.45) is 1.25. The van der Waals surface area contributed by atoms with Crippen molar-refractivity contribution in [1.29, 1.82) is 0 Å². The van der Waals surface area contributed by atoms with Gasteiger partial charge >= 0.3 is 0 Å². The van der Waals surface area contributed by atoms with E-state index in [2.05, 4.69) is 10.3 Å². The lowest BCUT2D eigenvalue weighted by Crippen LogP contribution is -2.38. The fourth-order valence-corrected chi connectivity index (χ4v) is 1.12. The van der Waals surface area contributed by atoms with E-state index >= 15 is 0 Å². The molecule has 0 unspecified atom stereocenters. The average molecular weight is 239 g/mol. The molecule has 0 atom stereocenters. The van der Waals surface area contributed by atoms with Crippen molar-refractivity contribution in [3.05, 3.63) is 29.8 Å². The number of aromatic nitrogens is 1. The maximum Gasteiger partial charge on any atom is 0.256 e. The Morgan fingerprint density at radius 2 is 2.24 bits per heavy atom. The van der Waals surface area contributed by atoms with E-state index in [4.69, 9.17) is 0 Å². The van der Waals surface area contributed by atoms with Crippen LogP contribution in [0.15, 0.2) is 18.3 Å². The van der Waals surface area contributed by atoms with Gasteiger partial charge in [-0.3, -0.25) is 9.59 Å². The minimum atomic E-state index is -0.846. The van der Waals surface area contributed by atoms with Gasteiger partial charge in [-0.25, -0.2) is 4.98 Å². The number of nitrogens with zero attached hydrogens (tertiary/aromatic N) is 2. The van der Waals surface area contributed by atoms with Crippen LogP contribution in [0.25, 0.3) is 0 Å². The fraction of sp³-hybridized carbons (Fsp3) is 0.364. The summed E-state index contributed by atoms with van der Waals surface area (Å²) in [7, 11) is 1.62. The summed E-state index contributed by atoms with van der Waals surface area (Å²) in [6, 6.07) is 2.77. The maximum absolute atomic E-state index is 13.1. The second-order valence-corrected chi connectivity index (χ2v) is 3.43. The van der Waals surface area contributed by atoms with E-state index in [1.54, 1.807) is 7.05 Å². The first kappa shape index (κ1) is 13.1. The normalized spacial score (nSPS) is 9.82. The van der Waals surface area contributed by atoms with Gasteiger partial charge in [0.25, 0.3) is 5.91 Å². The standard InChI is InChI=1S/C11H14FN3O2/c1-3-15(2)9(16)7-14-11(17)8-5-4-6-13-10(8)12/h4-6H,3,7H2,1-2H3,(H,14,17). The lowest BCUT2D eigenvalue weighted by atomic mass is 10.2. The summed E-state index contributed by atoms with van der Waals surface area (Å²) in [5.74, 6) is -1.72. The van der Waals surface area contributed by atoms with Crippen molar-refractivity contribution in [1.82, 2.24) is 15.2 Å². The minimum absolute atomic E-state index is 0.155. The molecule has 1 aromatic rings. The van der Waals surface area contributed by atoms with E-state index in [-0.39, 0.29) is 18.0 Å². The van der Waals surface area contributed by atoms with Crippen LogP contribution in [-0.4, -0.2) is 41.8 Å². The Labute approximate surface area is 98.6 Å². The highest BCUT2D eigenvalue weighted by atomic mass is 19.1. The second-order valence-electron chi connectivity index (χ2n) is 3.43. The molecule has 0 fully saturated rings. The number of halogens is 1. The number of amides is 2. The van der Waals surface area contributed by atoms with Crippen molar-refractivity contribution < 1.29 is 14.0 Å². The lowest BCUT2D eigenvalue weighted by molar-refractivity contribution is -0.128. The zero-order chi connectivity index (χ0) is 12.8. The Bertz CT molecular complexity index is 423. The molecule has 0 aliphatic heterocycles. The summed E-state index contributed by atoms with van der Waals surface area (Å²) in [6.45, 7) is 2.22. The fourth-order valence-electron chi connectivity index (χ4n) is 1.12. The number of hydrogen-bond donors (Lipinski definition) is 1. The molecule has 2 amide bonds. The van der Waals surface area contributed by atoms with E-state index in [0.29, 0.717) is 6.54 Å². The van der Waals surface area contributed by atoms with Gasteiger partial charge in [0.05, 0.1) is 12.1 Å². The molecule has 1 heterocycles. The average Bonchev–Trinajstić information content (AvgIpc) is 2.35. The van der Waals surface area contributed by atoms with Gasteiger partial charge in [-0.05, 0) is 19.1 Å². The molecule has 0 bridgehead atoms. The van der Waals surface area contributed by atoms with Crippen molar-refractivity contribution in [3.8, 4) is 0 Å². The van der Waals surface area contributed by atoms with Crippen molar-refractivity contribution >= 4 is 11.8 Å². The molecule has 0 radical (unpaired) electrons. The Hall–Kier alpha value is -1.98. The molecular formula is C11H14FN3O2. The zero-order valence-electron chi connectivity index (χ0n) is 9.74.